The number of fused-ring (bicyclic) bond motifs is 5. The third-order valence-corrected chi connectivity index (χ3v) is 8.36. The second-order valence-corrected chi connectivity index (χ2v) is 11.7. The van der Waals surface area contributed by atoms with Crippen LogP contribution in [0.3, 0.4) is 0 Å². The fourth-order valence-electron chi connectivity index (χ4n) is 5.88. The molecule has 238 valence electrons. The standard InChI is InChI=1S/C32H42FN5O6/c1-36-9-3-10-37(13-12-36)20-32(41)38-11-8-27-26(19-38)35-31(40)21-43-29-16-22(4-6-28(29)42-2)5-7-30(39)34-18-23-14-24(33)17-25(15-23)44-27/h4,6,14-17,26-27H,3,5,7-13,18-21H2,1-2H3,(H,34,39)(H,35,40)/t26-,27-/m1/s1. The Balaban J connectivity index is 1.35. The molecule has 0 aliphatic carbocycles. The minimum atomic E-state index is -0.558. The normalized spacial score (nSPS) is 22.6. The number of nitrogens with one attached hydrogen (secondary N) is 2. The zero-order valence-corrected chi connectivity index (χ0v) is 25.5. The summed E-state index contributed by atoms with van der Waals surface area (Å²) in [5.74, 6) is 0.102. The third-order valence-electron chi connectivity index (χ3n) is 8.36. The van der Waals surface area contributed by atoms with Crippen LogP contribution in [0.1, 0.15) is 30.4 Å². The van der Waals surface area contributed by atoms with Gasteiger partial charge < -0.3 is 34.6 Å². The van der Waals surface area contributed by atoms with Gasteiger partial charge in [0, 0.05) is 51.6 Å². The molecular formula is C32H42FN5O6. The minimum absolute atomic E-state index is 0.00305. The van der Waals surface area contributed by atoms with Crippen molar-refractivity contribution in [1.82, 2.24) is 25.3 Å². The Bertz CT molecular complexity index is 1340. The molecule has 2 N–H and O–H groups in total. The van der Waals surface area contributed by atoms with Crippen LogP contribution in [0.25, 0.3) is 0 Å². The quantitative estimate of drug-likeness (QED) is 0.538. The van der Waals surface area contributed by atoms with Crippen molar-refractivity contribution in [2.75, 3.05) is 66.6 Å². The molecule has 3 aliphatic rings. The van der Waals surface area contributed by atoms with Gasteiger partial charge in [-0.1, -0.05) is 6.07 Å². The highest BCUT2D eigenvalue weighted by molar-refractivity contribution is 5.80. The van der Waals surface area contributed by atoms with E-state index in [2.05, 4.69) is 27.5 Å². The van der Waals surface area contributed by atoms with E-state index in [1.54, 1.807) is 23.1 Å². The number of hydrogen-bond acceptors (Lipinski definition) is 8. The molecule has 4 bridgehead atoms. The van der Waals surface area contributed by atoms with Crippen LogP contribution in [0.2, 0.25) is 0 Å². The summed E-state index contributed by atoms with van der Waals surface area (Å²) in [5.41, 5.74) is 1.40. The number of rotatable bonds is 3. The fraction of sp³-hybridized carbons (Fsp3) is 0.531. The van der Waals surface area contributed by atoms with Crippen molar-refractivity contribution in [3.63, 3.8) is 0 Å². The molecule has 0 aromatic heterocycles. The number of nitrogens with zero attached hydrogens (tertiary/aromatic N) is 3. The molecule has 0 unspecified atom stereocenters. The molecule has 2 atom stereocenters. The van der Waals surface area contributed by atoms with E-state index in [1.807, 2.05) is 6.07 Å². The van der Waals surface area contributed by atoms with Gasteiger partial charge in [0.15, 0.2) is 18.1 Å². The van der Waals surface area contributed by atoms with Crippen molar-refractivity contribution in [3.8, 4) is 17.2 Å². The molecule has 0 spiro atoms. The summed E-state index contributed by atoms with van der Waals surface area (Å²) < 4.78 is 32.1. The number of aryl methyl sites for hydroxylation is 1. The number of piperidine rings is 1. The van der Waals surface area contributed by atoms with Crippen molar-refractivity contribution in [1.29, 1.82) is 0 Å². The Kier molecular flexibility index (Phi) is 10.5. The van der Waals surface area contributed by atoms with Gasteiger partial charge in [-0.05, 0) is 68.4 Å². The van der Waals surface area contributed by atoms with Crippen LogP contribution in [0, 0.1) is 5.82 Å². The third kappa shape index (κ3) is 8.60. The fourth-order valence-corrected chi connectivity index (χ4v) is 5.88. The van der Waals surface area contributed by atoms with Crippen molar-refractivity contribution in [2.45, 2.75) is 44.4 Å². The molecule has 12 heteroatoms. The molecule has 11 nitrogen and oxygen atoms in total. The topological polar surface area (TPSA) is 113 Å². The SMILES string of the molecule is COc1ccc2cc1OCC(=O)N[C@@H]1CN(C(=O)CN3CCCN(C)CC3)CC[C@H]1Oc1cc(F)cc(c1)CNC(=O)CC2. The zero-order chi connectivity index (χ0) is 31.1. The van der Waals surface area contributed by atoms with Gasteiger partial charge >= 0.3 is 0 Å². The van der Waals surface area contributed by atoms with Gasteiger partial charge in [-0.25, -0.2) is 4.39 Å². The van der Waals surface area contributed by atoms with Crippen LogP contribution in [0.5, 0.6) is 17.2 Å². The van der Waals surface area contributed by atoms with Crippen LogP contribution >= 0.6 is 0 Å². The van der Waals surface area contributed by atoms with Crippen molar-refractivity contribution in [3.05, 3.63) is 53.3 Å². The summed E-state index contributed by atoms with van der Waals surface area (Å²) in [7, 11) is 3.61. The Morgan fingerprint density at radius 3 is 2.73 bits per heavy atom. The largest absolute Gasteiger partial charge is 0.493 e. The first-order chi connectivity index (χ1) is 21.2. The maximum atomic E-state index is 14.6. The highest BCUT2D eigenvalue weighted by Crippen LogP contribution is 2.29. The first-order valence-corrected chi connectivity index (χ1v) is 15.3. The van der Waals surface area contributed by atoms with Crippen LogP contribution in [-0.2, 0) is 27.3 Å². The van der Waals surface area contributed by atoms with Gasteiger partial charge in [0.25, 0.3) is 5.91 Å². The van der Waals surface area contributed by atoms with Crippen molar-refractivity contribution < 1.29 is 33.0 Å². The lowest BCUT2D eigenvalue weighted by Gasteiger charge is -2.39. The number of hydrogen-bond donors (Lipinski definition) is 2. The van der Waals surface area contributed by atoms with Crippen LogP contribution in [0.15, 0.2) is 36.4 Å². The predicted molar refractivity (Wildman–Crippen MR) is 161 cm³/mol. The van der Waals surface area contributed by atoms with E-state index in [0.29, 0.717) is 48.7 Å². The highest BCUT2D eigenvalue weighted by Gasteiger charge is 2.35. The molecule has 3 aliphatic heterocycles. The lowest BCUT2D eigenvalue weighted by atomic mass is 10.0. The van der Waals surface area contributed by atoms with Gasteiger partial charge in [-0.3, -0.25) is 19.3 Å². The molecular weight excluding hydrogens is 569 g/mol. The Hall–Kier alpha value is -3.90. The van der Waals surface area contributed by atoms with Crippen LogP contribution in [-0.4, -0.2) is 111 Å². The smallest absolute Gasteiger partial charge is 0.258 e. The summed E-state index contributed by atoms with van der Waals surface area (Å²) in [4.78, 5) is 45.4. The van der Waals surface area contributed by atoms with E-state index < -0.39 is 18.0 Å². The lowest BCUT2D eigenvalue weighted by molar-refractivity contribution is -0.136. The summed E-state index contributed by atoms with van der Waals surface area (Å²) in [6.07, 6.45) is 1.59. The first-order valence-electron chi connectivity index (χ1n) is 15.3. The van der Waals surface area contributed by atoms with Gasteiger partial charge in [-0.15, -0.1) is 0 Å². The van der Waals surface area contributed by atoms with Gasteiger partial charge in [-0.2, -0.15) is 0 Å². The Morgan fingerprint density at radius 2 is 1.89 bits per heavy atom. The van der Waals surface area contributed by atoms with E-state index in [9.17, 15) is 18.8 Å². The summed E-state index contributed by atoms with van der Waals surface area (Å²) in [6.45, 7) is 4.47. The van der Waals surface area contributed by atoms with E-state index in [4.69, 9.17) is 14.2 Å². The van der Waals surface area contributed by atoms with E-state index in [0.717, 1.165) is 38.2 Å². The number of amides is 3. The molecule has 2 fully saturated rings. The molecule has 3 heterocycles. The number of likely N-dealkylation sites (N-methyl/N-ethyl adjacent to an activating group) is 1. The number of likely N-dealkylation sites (tertiary alicyclic amines) is 1. The van der Waals surface area contributed by atoms with E-state index in [1.165, 1.54) is 19.2 Å². The number of halogens is 1. The molecule has 0 radical (unpaired) electrons. The average molecular weight is 612 g/mol. The molecule has 2 aromatic carbocycles. The Labute approximate surface area is 257 Å². The Morgan fingerprint density at radius 1 is 1.02 bits per heavy atom. The lowest BCUT2D eigenvalue weighted by Crippen LogP contribution is -2.59. The molecule has 2 saturated heterocycles. The number of carbonyl (C=O) groups excluding carboxylic acids is 3. The van der Waals surface area contributed by atoms with E-state index >= 15 is 0 Å². The monoisotopic (exact) mass is 611 g/mol. The average Bonchev–Trinajstić information content (AvgIpc) is 3.21. The van der Waals surface area contributed by atoms with Crippen molar-refractivity contribution >= 4 is 17.7 Å². The second-order valence-electron chi connectivity index (χ2n) is 11.7. The summed E-state index contributed by atoms with van der Waals surface area (Å²) in [5, 5.41) is 5.86. The maximum Gasteiger partial charge on any atom is 0.258 e. The summed E-state index contributed by atoms with van der Waals surface area (Å²) >= 11 is 0. The zero-order valence-electron chi connectivity index (χ0n) is 25.5. The van der Waals surface area contributed by atoms with Crippen LogP contribution < -0.4 is 24.8 Å². The molecule has 44 heavy (non-hydrogen) atoms. The second kappa shape index (κ2) is 14.7. The molecule has 3 amide bonds. The minimum Gasteiger partial charge on any atom is -0.493 e. The van der Waals surface area contributed by atoms with Crippen molar-refractivity contribution in [2.24, 2.45) is 0 Å². The van der Waals surface area contributed by atoms with Gasteiger partial charge in [0.05, 0.1) is 19.7 Å². The molecule has 0 saturated carbocycles. The van der Waals surface area contributed by atoms with E-state index in [-0.39, 0.29) is 43.8 Å². The number of ether oxygens (including phenoxy) is 3. The molecule has 5 rings (SSSR count). The number of benzene rings is 2. The first kappa shape index (κ1) is 31.5. The van der Waals surface area contributed by atoms with Crippen LogP contribution in [0.4, 0.5) is 4.39 Å². The van der Waals surface area contributed by atoms with Gasteiger partial charge in [0.1, 0.15) is 17.7 Å². The predicted octanol–water partition coefficient (Wildman–Crippen LogP) is 1.58. The van der Waals surface area contributed by atoms with Gasteiger partial charge in [0.2, 0.25) is 11.8 Å². The molecule has 2 aromatic rings. The number of methoxy groups -OCH3 is 1. The maximum absolute atomic E-state index is 14.6. The highest BCUT2D eigenvalue weighted by atomic mass is 19.1. The summed E-state index contributed by atoms with van der Waals surface area (Å²) in [6, 6.07) is 9.13. The number of carbonyl (C=O) groups is 3.